The quantitative estimate of drug-likeness (QED) is 0.0533. The van der Waals surface area contributed by atoms with Crippen LogP contribution in [-0.4, -0.2) is 76.3 Å². The molecule has 0 bridgehead atoms. The highest BCUT2D eigenvalue weighted by atomic mass is 16.6. The molecule has 3 amide bonds. The number of nitrogens with zero attached hydrogens (tertiary/aromatic N) is 1. The summed E-state index contributed by atoms with van der Waals surface area (Å²) in [5.74, 6) is -0.400. The van der Waals surface area contributed by atoms with Crippen molar-refractivity contribution in [3.8, 4) is 16.9 Å². The van der Waals surface area contributed by atoms with Crippen LogP contribution in [0.2, 0.25) is 0 Å². The molecule has 1 aliphatic heterocycles. The van der Waals surface area contributed by atoms with Crippen molar-refractivity contribution in [3.63, 3.8) is 0 Å². The topological polar surface area (TPSA) is 185 Å². The number of phenols is 1. The third-order valence-corrected chi connectivity index (χ3v) is 11.1. The third-order valence-electron chi connectivity index (χ3n) is 11.1. The van der Waals surface area contributed by atoms with Crippen molar-refractivity contribution in [2.24, 2.45) is 0 Å². The van der Waals surface area contributed by atoms with Gasteiger partial charge in [-0.25, -0.2) is 4.79 Å². The number of H-pyrrole nitrogens is 1. The number of pyridine rings is 1. The number of likely N-dealkylation sites (tertiary alicyclic amines) is 1. The lowest BCUT2D eigenvalue weighted by Crippen LogP contribution is -2.40. The molecule has 1 saturated heterocycles. The van der Waals surface area contributed by atoms with E-state index < -0.39 is 12.2 Å². The molecule has 7 rings (SSSR count). The van der Waals surface area contributed by atoms with E-state index in [-0.39, 0.29) is 41.8 Å². The van der Waals surface area contributed by atoms with Crippen molar-refractivity contribution in [2.75, 3.05) is 36.8 Å². The Morgan fingerprint density at radius 3 is 2.39 bits per heavy atom. The summed E-state index contributed by atoms with van der Waals surface area (Å²) in [4.78, 5) is 55.3. The maximum absolute atomic E-state index is 13.2. The van der Waals surface area contributed by atoms with Gasteiger partial charge < -0.3 is 40.8 Å². The number of amides is 3. The molecule has 320 valence electrons. The van der Waals surface area contributed by atoms with Gasteiger partial charge in [0.2, 0.25) is 11.5 Å². The number of rotatable bonds is 16. The molecule has 6 aromatic rings. The van der Waals surface area contributed by atoms with Crippen LogP contribution in [0.1, 0.15) is 59.3 Å². The van der Waals surface area contributed by atoms with Gasteiger partial charge in [0.15, 0.2) is 0 Å². The molecule has 2 heterocycles. The highest BCUT2D eigenvalue weighted by Gasteiger charge is 2.23. The van der Waals surface area contributed by atoms with Crippen LogP contribution in [0.4, 0.5) is 16.2 Å². The lowest BCUT2D eigenvalue weighted by molar-refractivity contribution is -0.121. The van der Waals surface area contributed by atoms with Crippen molar-refractivity contribution in [1.29, 1.82) is 0 Å². The molecule has 2 atom stereocenters. The molecular formula is C49H52N6O7. The van der Waals surface area contributed by atoms with Crippen molar-refractivity contribution in [2.45, 2.75) is 57.4 Å². The second-order valence-electron chi connectivity index (χ2n) is 15.7. The fourth-order valence-electron chi connectivity index (χ4n) is 7.70. The molecule has 0 aliphatic carbocycles. The minimum atomic E-state index is -0.862. The van der Waals surface area contributed by atoms with E-state index in [2.05, 4.69) is 31.2 Å². The van der Waals surface area contributed by atoms with Gasteiger partial charge in [0.05, 0.1) is 17.3 Å². The van der Waals surface area contributed by atoms with Crippen molar-refractivity contribution in [3.05, 3.63) is 160 Å². The largest absolute Gasteiger partial charge is 0.506 e. The second-order valence-corrected chi connectivity index (χ2v) is 15.7. The highest BCUT2D eigenvalue weighted by Crippen LogP contribution is 2.30. The number of aliphatic hydroxyl groups excluding tert-OH is 1. The fraction of sp³-hybridized carbons (Fsp3) is 0.265. The first kappa shape index (κ1) is 43.3. The number of aromatic nitrogens is 1. The summed E-state index contributed by atoms with van der Waals surface area (Å²) < 4.78 is 5.76. The van der Waals surface area contributed by atoms with Gasteiger partial charge in [-0.1, -0.05) is 78.9 Å². The molecule has 1 aromatic heterocycles. The molecule has 62 heavy (non-hydrogen) atoms. The van der Waals surface area contributed by atoms with Gasteiger partial charge in [0.1, 0.15) is 11.9 Å². The number of piperidine rings is 1. The number of carbonyl (C=O) groups is 3. The monoisotopic (exact) mass is 836 g/mol. The number of phenolic OH excluding ortho intramolecular Hbond substituents is 1. The maximum Gasteiger partial charge on any atom is 0.411 e. The van der Waals surface area contributed by atoms with Crippen molar-refractivity contribution < 1.29 is 29.3 Å². The number of hydrogen-bond acceptors (Lipinski definition) is 9. The summed E-state index contributed by atoms with van der Waals surface area (Å²) in [6.45, 7) is 4.62. The van der Waals surface area contributed by atoms with E-state index in [4.69, 9.17) is 4.74 Å². The molecule has 1 aliphatic rings. The lowest BCUT2D eigenvalue weighted by atomic mass is 10.0. The summed E-state index contributed by atoms with van der Waals surface area (Å²) >= 11 is 0. The first-order valence-electron chi connectivity index (χ1n) is 20.9. The molecule has 0 saturated carbocycles. The van der Waals surface area contributed by atoms with Crippen LogP contribution in [0, 0.1) is 0 Å². The van der Waals surface area contributed by atoms with Crippen LogP contribution in [-0.2, 0) is 22.5 Å². The SMILES string of the molecule is CC(Cc1ccc(NC(=O)c2cccc(CNC(=O)CCN3CCC(OC(=O)Nc4ccccc4-c4ccccc4)CC3)c2)cc1)NC[C@H](O)c1ccc(O)c2[nH]c(=O)ccc12. The molecule has 0 radical (unpaired) electrons. The molecule has 13 nitrogen and oxygen atoms in total. The number of carbonyl (C=O) groups excluding carboxylic acids is 3. The van der Waals surface area contributed by atoms with E-state index >= 15 is 0 Å². The predicted octanol–water partition coefficient (Wildman–Crippen LogP) is 7.13. The number of aromatic hydroxyl groups is 1. The Labute approximate surface area is 360 Å². The number of ether oxygens (including phenoxy) is 1. The average molecular weight is 837 g/mol. The molecule has 1 fully saturated rings. The van der Waals surface area contributed by atoms with Gasteiger partial charge >= 0.3 is 6.09 Å². The highest BCUT2D eigenvalue weighted by molar-refractivity contribution is 6.04. The van der Waals surface area contributed by atoms with Crippen LogP contribution in [0.5, 0.6) is 5.75 Å². The number of nitrogens with one attached hydrogen (secondary N) is 5. The van der Waals surface area contributed by atoms with E-state index in [1.165, 1.54) is 12.1 Å². The van der Waals surface area contributed by atoms with Crippen LogP contribution >= 0.6 is 0 Å². The van der Waals surface area contributed by atoms with Crippen LogP contribution in [0.25, 0.3) is 22.0 Å². The van der Waals surface area contributed by atoms with Crippen molar-refractivity contribution in [1.82, 2.24) is 20.5 Å². The molecule has 7 N–H and O–H groups in total. The first-order valence-corrected chi connectivity index (χ1v) is 20.9. The summed E-state index contributed by atoms with van der Waals surface area (Å²) in [7, 11) is 0. The summed E-state index contributed by atoms with van der Waals surface area (Å²) in [5, 5.41) is 33.8. The lowest BCUT2D eigenvalue weighted by Gasteiger charge is -2.31. The maximum atomic E-state index is 13.2. The Kier molecular flexibility index (Phi) is 14.4. The van der Waals surface area contributed by atoms with Gasteiger partial charge in [0, 0.05) is 73.5 Å². The number of hydrogen-bond donors (Lipinski definition) is 7. The Balaban J connectivity index is 0.793. The predicted molar refractivity (Wildman–Crippen MR) is 241 cm³/mol. The van der Waals surface area contributed by atoms with E-state index in [9.17, 15) is 29.4 Å². The standard InChI is InChI=1S/C49H52N6O7/c1-32(50-31-44(57)40-18-20-43(56)47-41(40)19-21-46(59)54-47)28-33-14-16-37(17-15-33)52-48(60)36-11-7-8-34(29-36)30-51-45(58)24-27-55-25-22-38(23-26-55)62-49(61)53-42-13-6-5-12-39(42)35-9-3-2-4-10-35/h2-21,29,32,38,44,50,56-57H,22-28,30-31H2,1H3,(H,51,58)(H,52,60)(H,53,61)(H,54,59)/t32?,44-/m0/s1. The van der Waals surface area contributed by atoms with Gasteiger partial charge in [-0.3, -0.25) is 19.7 Å². The molecule has 13 heteroatoms. The zero-order chi connectivity index (χ0) is 43.4. The van der Waals surface area contributed by atoms with Gasteiger partial charge in [-0.2, -0.15) is 0 Å². The Hall–Kier alpha value is -6.80. The van der Waals surface area contributed by atoms with E-state index in [0.717, 1.165) is 35.3 Å². The van der Waals surface area contributed by atoms with Crippen LogP contribution < -0.4 is 26.8 Å². The number of fused-ring (bicyclic) bond motifs is 1. The first-order chi connectivity index (χ1) is 30.1. The van der Waals surface area contributed by atoms with Crippen molar-refractivity contribution >= 4 is 40.2 Å². The molecule has 1 unspecified atom stereocenters. The Bertz CT molecular complexity index is 2540. The number of aliphatic hydroxyl groups is 1. The number of benzene rings is 5. The molecular weight excluding hydrogens is 785 g/mol. The van der Waals surface area contributed by atoms with Gasteiger partial charge in [-0.05, 0) is 90.9 Å². The normalized spacial score (nSPS) is 14.2. The van der Waals surface area contributed by atoms with Crippen LogP contribution in [0.15, 0.2) is 132 Å². The van der Waals surface area contributed by atoms with Crippen LogP contribution in [0.3, 0.4) is 0 Å². The Morgan fingerprint density at radius 1 is 0.839 bits per heavy atom. The van der Waals surface area contributed by atoms with E-state index in [1.807, 2.05) is 91.9 Å². The second kappa shape index (κ2) is 20.6. The number of anilines is 2. The zero-order valence-corrected chi connectivity index (χ0v) is 34.6. The average Bonchev–Trinajstić information content (AvgIpc) is 3.28. The number of aromatic amines is 1. The third kappa shape index (κ3) is 11.7. The fourth-order valence-corrected chi connectivity index (χ4v) is 7.70. The summed E-state index contributed by atoms with van der Waals surface area (Å²) in [6, 6.07) is 38.4. The molecule has 5 aromatic carbocycles. The number of para-hydroxylation sites is 1. The van der Waals surface area contributed by atoms with Gasteiger partial charge in [-0.15, -0.1) is 0 Å². The van der Waals surface area contributed by atoms with E-state index in [0.29, 0.717) is 72.2 Å². The minimum Gasteiger partial charge on any atom is -0.506 e. The minimum absolute atomic E-state index is 0.0195. The van der Waals surface area contributed by atoms with E-state index in [1.54, 1.807) is 30.3 Å². The summed E-state index contributed by atoms with van der Waals surface area (Å²) in [5.41, 5.74) is 6.16. The summed E-state index contributed by atoms with van der Waals surface area (Å²) in [6.07, 6.45) is 0.845. The van der Waals surface area contributed by atoms with Gasteiger partial charge in [0.25, 0.3) is 5.91 Å². The Morgan fingerprint density at radius 2 is 1.60 bits per heavy atom. The smallest absolute Gasteiger partial charge is 0.411 e. The zero-order valence-electron chi connectivity index (χ0n) is 34.6. The molecule has 0 spiro atoms.